The van der Waals surface area contributed by atoms with Crippen LogP contribution in [0.3, 0.4) is 0 Å². The zero-order chi connectivity index (χ0) is 12.3. The van der Waals surface area contributed by atoms with E-state index in [1.54, 1.807) is 13.3 Å². The quantitative estimate of drug-likeness (QED) is 0.817. The number of aromatic nitrogens is 2. The Hall–Kier alpha value is -1.88. The van der Waals surface area contributed by atoms with E-state index in [4.69, 9.17) is 17.0 Å². The summed E-state index contributed by atoms with van der Waals surface area (Å²) in [4.78, 5) is 17.0. The number of hydrogen-bond donors (Lipinski definition) is 2. The van der Waals surface area contributed by atoms with Crippen LogP contribution in [0.15, 0.2) is 35.3 Å². The minimum atomic E-state index is -0.167. The van der Waals surface area contributed by atoms with E-state index in [0.29, 0.717) is 16.8 Å². The average Bonchev–Trinajstić information content (AvgIpc) is 2.33. The van der Waals surface area contributed by atoms with Crippen molar-refractivity contribution in [1.82, 2.24) is 9.97 Å². The molecular weight excluding hydrogens is 236 g/mol. The number of hydrogen-bond acceptors (Lipinski definition) is 3. The maximum Gasteiger partial charge on any atom is 0.255 e. The lowest BCUT2D eigenvalue weighted by atomic mass is 10.1. The molecule has 0 saturated carbocycles. The summed E-state index contributed by atoms with van der Waals surface area (Å²) in [6.45, 7) is 0. The Balaban J connectivity index is 2.38. The Kier molecular flexibility index (Phi) is 3.39. The van der Waals surface area contributed by atoms with Crippen molar-refractivity contribution in [1.29, 1.82) is 0 Å². The average molecular weight is 248 g/mol. The molecule has 2 N–H and O–H groups in total. The van der Waals surface area contributed by atoms with Crippen molar-refractivity contribution in [2.24, 2.45) is 0 Å². The first-order valence-corrected chi connectivity index (χ1v) is 5.54. The second-order valence-corrected chi connectivity index (χ2v) is 3.99. The third kappa shape index (κ3) is 2.62. The second kappa shape index (κ2) is 4.97. The standard InChI is InChI=1S/C12H12N2O2S/c1-16-10-5-3-2-4-8(10)6-9-7-13-12(17)14-11(9)15/h2-5,7H,6H2,1H3,(H2,13,14,15,17). The highest BCUT2D eigenvalue weighted by Crippen LogP contribution is 2.19. The van der Waals surface area contributed by atoms with Gasteiger partial charge >= 0.3 is 0 Å². The molecule has 0 saturated heterocycles. The van der Waals surface area contributed by atoms with Gasteiger partial charge in [-0.15, -0.1) is 0 Å². The Morgan fingerprint density at radius 3 is 2.76 bits per heavy atom. The highest BCUT2D eigenvalue weighted by Gasteiger charge is 2.05. The topological polar surface area (TPSA) is 57.9 Å². The minimum absolute atomic E-state index is 0.167. The molecule has 0 unspecified atom stereocenters. The Morgan fingerprint density at radius 2 is 2.06 bits per heavy atom. The molecule has 0 aliphatic carbocycles. The second-order valence-electron chi connectivity index (χ2n) is 3.59. The van der Waals surface area contributed by atoms with Crippen LogP contribution in [0.1, 0.15) is 11.1 Å². The van der Waals surface area contributed by atoms with Gasteiger partial charge in [-0.3, -0.25) is 9.78 Å². The molecule has 0 aliphatic rings. The molecule has 0 spiro atoms. The van der Waals surface area contributed by atoms with Crippen LogP contribution in [0.4, 0.5) is 0 Å². The lowest BCUT2D eigenvalue weighted by Crippen LogP contribution is -2.14. The number of benzene rings is 1. The van der Waals surface area contributed by atoms with Crippen LogP contribution in [-0.4, -0.2) is 17.1 Å². The number of rotatable bonds is 3. The van der Waals surface area contributed by atoms with Gasteiger partial charge in [-0.2, -0.15) is 0 Å². The first kappa shape index (κ1) is 11.6. The molecule has 1 aromatic heterocycles. The SMILES string of the molecule is COc1ccccc1Cc1c[nH]c(=S)[nH]c1=O. The van der Waals surface area contributed by atoms with Gasteiger partial charge in [0.15, 0.2) is 4.77 Å². The molecule has 0 atom stereocenters. The van der Waals surface area contributed by atoms with E-state index >= 15 is 0 Å². The summed E-state index contributed by atoms with van der Waals surface area (Å²) in [6.07, 6.45) is 2.14. The van der Waals surface area contributed by atoms with E-state index in [1.165, 1.54) is 0 Å². The summed E-state index contributed by atoms with van der Waals surface area (Å²) in [5.74, 6) is 0.773. The third-order valence-electron chi connectivity index (χ3n) is 2.47. The van der Waals surface area contributed by atoms with Crippen LogP contribution < -0.4 is 10.3 Å². The number of nitrogens with one attached hydrogen (secondary N) is 2. The van der Waals surface area contributed by atoms with E-state index in [2.05, 4.69) is 9.97 Å². The number of H-pyrrole nitrogens is 2. The first-order valence-electron chi connectivity index (χ1n) is 5.13. The minimum Gasteiger partial charge on any atom is -0.496 e. The largest absolute Gasteiger partial charge is 0.496 e. The van der Waals surface area contributed by atoms with E-state index in [-0.39, 0.29) is 5.56 Å². The van der Waals surface area contributed by atoms with Gasteiger partial charge in [0.2, 0.25) is 0 Å². The van der Waals surface area contributed by atoms with Crippen molar-refractivity contribution in [3.05, 3.63) is 56.7 Å². The molecule has 0 bridgehead atoms. The molecule has 4 nitrogen and oxygen atoms in total. The summed E-state index contributed by atoms with van der Waals surface area (Å²) in [5, 5.41) is 0. The Morgan fingerprint density at radius 1 is 1.29 bits per heavy atom. The molecule has 2 aromatic rings. The zero-order valence-electron chi connectivity index (χ0n) is 9.32. The van der Waals surface area contributed by atoms with Crippen molar-refractivity contribution < 1.29 is 4.74 Å². The number of para-hydroxylation sites is 1. The van der Waals surface area contributed by atoms with Gasteiger partial charge in [0.05, 0.1) is 7.11 Å². The molecule has 17 heavy (non-hydrogen) atoms. The summed E-state index contributed by atoms with van der Waals surface area (Å²) in [5.41, 5.74) is 1.42. The van der Waals surface area contributed by atoms with Gasteiger partial charge in [0.25, 0.3) is 5.56 Å². The predicted molar refractivity (Wildman–Crippen MR) is 68.0 cm³/mol. The van der Waals surface area contributed by atoms with Crippen molar-refractivity contribution in [3.8, 4) is 5.75 Å². The Bertz CT molecular complexity index is 631. The molecule has 88 valence electrons. The van der Waals surface area contributed by atoms with Crippen LogP contribution in [0.5, 0.6) is 5.75 Å². The predicted octanol–water partition coefficient (Wildman–Crippen LogP) is 2.03. The van der Waals surface area contributed by atoms with Gasteiger partial charge in [-0.25, -0.2) is 0 Å². The zero-order valence-corrected chi connectivity index (χ0v) is 10.1. The summed E-state index contributed by atoms with van der Waals surface area (Å²) in [6, 6.07) is 7.61. The van der Waals surface area contributed by atoms with E-state index in [1.807, 2.05) is 24.3 Å². The van der Waals surface area contributed by atoms with Crippen LogP contribution in [0.25, 0.3) is 0 Å². The monoisotopic (exact) mass is 248 g/mol. The molecular formula is C12H12N2O2S. The van der Waals surface area contributed by atoms with Crippen molar-refractivity contribution >= 4 is 12.2 Å². The number of methoxy groups -OCH3 is 1. The molecule has 0 amide bonds. The van der Waals surface area contributed by atoms with Crippen LogP contribution >= 0.6 is 12.2 Å². The summed E-state index contributed by atoms with van der Waals surface area (Å²) >= 11 is 4.84. The molecule has 0 fully saturated rings. The number of aromatic amines is 2. The van der Waals surface area contributed by atoms with E-state index < -0.39 is 0 Å². The maximum atomic E-state index is 11.7. The smallest absolute Gasteiger partial charge is 0.255 e. The summed E-state index contributed by atoms with van der Waals surface area (Å²) < 4.78 is 5.57. The van der Waals surface area contributed by atoms with Gasteiger partial charge < -0.3 is 9.72 Å². The molecule has 1 aromatic carbocycles. The van der Waals surface area contributed by atoms with Crippen LogP contribution in [0, 0.1) is 4.77 Å². The summed E-state index contributed by atoms with van der Waals surface area (Å²) in [7, 11) is 1.61. The molecule has 1 heterocycles. The Labute approximate surface area is 103 Å². The maximum absolute atomic E-state index is 11.7. The lowest BCUT2D eigenvalue weighted by Gasteiger charge is -2.07. The highest BCUT2D eigenvalue weighted by atomic mass is 32.1. The highest BCUT2D eigenvalue weighted by molar-refractivity contribution is 7.71. The fraction of sp³-hybridized carbons (Fsp3) is 0.167. The van der Waals surface area contributed by atoms with Gasteiger partial charge in [0, 0.05) is 18.2 Å². The van der Waals surface area contributed by atoms with E-state index in [0.717, 1.165) is 11.3 Å². The molecule has 0 radical (unpaired) electrons. The lowest BCUT2D eigenvalue weighted by molar-refractivity contribution is 0.410. The molecule has 0 aliphatic heterocycles. The molecule has 5 heteroatoms. The van der Waals surface area contributed by atoms with Gasteiger partial charge in [-0.05, 0) is 23.8 Å². The van der Waals surface area contributed by atoms with Crippen LogP contribution in [-0.2, 0) is 6.42 Å². The van der Waals surface area contributed by atoms with E-state index in [9.17, 15) is 4.79 Å². The van der Waals surface area contributed by atoms with Gasteiger partial charge in [-0.1, -0.05) is 18.2 Å². The molecule has 2 rings (SSSR count). The first-order chi connectivity index (χ1) is 8.20. The fourth-order valence-electron chi connectivity index (χ4n) is 1.62. The van der Waals surface area contributed by atoms with Crippen molar-refractivity contribution in [2.45, 2.75) is 6.42 Å². The normalized spacial score (nSPS) is 10.2. The van der Waals surface area contributed by atoms with Gasteiger partial charge in [0.1, 0.15) is 5.75 Å². The number of ether oxygens (including phenoxy) is 1. The fourth-order valence-corrected chi connectivity index (χ4v) is 1.77. The van der Waals surface area contributed by atoms with Crippen LogP contribution in [0.2, 0.25) is 0 Å². The van der Waals surface area contributed by atoms with Crippen molar-refractivity contribution in [3.63, 3.8) is 0 Å². The van der Waals surface area contributed by atoms with Crippen molar-refractivity contribution in [2.75, 3.05) is 7.11 Å². The third-order valence-corrected chi connectivity index (χ3v) is 2.69.